The Morgan fingerprint density at radius 1 is 1.20 bits per heavy atom. The van der Waals surface area contributed by atoms with E-state index < -0.39 is 0 Å². The molecule has 0 aliphatic carbocycles. The number of hydrogen-bond donors (Lipinski definition) is 2. The van der Waals surface area contributed by atoms with Crippen molar-refractivity contribution in [3.8, 4) is 0 Å². The fraction of sp³-hybridized carbons (Fsp3) is 0.647. The Hall–Kier alpha value is -1.06. The van der Waals surface area contributed by atoms with Crippen molar-refractivity contribution < 1.29 is 0 Å². The average molecular weight is 275 g/mol. The number of anilines is 1. The molecule has 3 nitrogen and oxygen atoms in total. The highest BCUT2D eigenvalue weighted by molar-refractivity contribution is 5.56. The summed E-state index contributed by atoms with van der Waals surface area (Å²) in [5.74, 6) is 0. The first-order valence-electron chi connectivity index (χ1n) is 8.12. The van der Waals surface area contributed by atoms with E-state index in [9.17, 15) is 0 Å². The predicted molar refractivity (Wildman–Crippen MR) is 87.6 cm³/mol. The van der Waals surface area contributed by atoms with Crippen molar-refractivity contribution in [1.29, 1.82) is 0 Å². The van der Waals surface area contributed by atoms with Crippen LogP contribution in [0.25, 0.3) is 0 Å². The second kappa shape index (κ2) is 8.28. The van der Waals surface area contributed by atoms with Gasteiger partial charge in [0.2, 0.25) is 0 Å². The Balaban J connectivity index is 1.59. The van der Waals surface area contributed by atoms with Gasteiger partial charge in [0, 0.05) is 12.2 Å². The van der Waals surface area contributed by atoms with Crippen molar-refractivity contribution >= 4 is 5.69 Å². The van der Waals surface area contributed by atoms with Gasteiger partial charge >= 0.3 is 0 Å². The van der Waals surface area contributed by atoms with E-state index >= 15 is 0 Å². The van der Waals surface area contributed by atoms with Crippen LogP contribution in [-0.2, 0) is 12.8 Å². The standard InChI is InChI=1S/C17H29N3/c1-3-20(4-2)13-5-10-18-11-8-15-6-7-17-16(14-15)9-12-19-17/h6-7,14,18-19H,3-5,8-13H2,1-2H3. The molecule has 20 heavy (non-hydrogen) atoms. The van der Waals surface area contributed by atoms with E-state index in [1.54, 1.807) is 0 Å². The molecule has 0 saturated carbocycles. The summed E-state index contributed by atoms with van der Waals surface area (Å²) in [4.78, 5) is 2.48. The SMILES string of the molecule is CCN(CC)CCCNCCc1ccc2c(c1)CCN2. The van der Waals surface area contributed by atoms with Gasteiger partial charge in [0.1, 0.15) is 0 Å². The molecule has 0 bridgehead atoms. The van der Waals surface area contributed by atoms with E-state index in [0.717, 1.165) is 26.1 Å². The smallest absolute Gasteiger partial charge is 0.0373 e. The van der Waals surface area contributed by atoms with Crippen LogP contribution in [0, 0.1) is 0 Å². The fourth-order valence-electron chi connectivity index (χ4n) is 2.84. The largest absolute Gasteiger partial charge is 0.384 e. The molecule has 3 heteroatoms. The van der Waals surface area contributed by atoms with Gasteiger partial charge < -0.3 is 15.5 Å². The maximum Gasteiger partial charge on any atom is 0.0373 e. The molecule has 0 spiro atoms. The third kappa shape index (κ3) is 4.50. The van der Waals surface area contributed by atoms with Crippen molar-refractivity contribution in [2.24, 2.45) is 0 Å². The van der Waals surface area contributed by atoms with Crippen LogP contribution in [0.3, 0.4) is 0 Å². The summed E-state index contributed by atoms with van der Waals surface area (Å²) >= 11 is 0. The molecule has 1 aromatic carbocycles. The first-order valence-corrected chi connectivity index (χ1v) is 8.12. The highest BCUT2D eigenvalue weighted by Gasteiger charge is 2.09. The monoisotopic (exact) mass is 275 g/mol. The van der Waals surface area contributed by atoms with Crippen molar-refractivity contribution in [3.05, 3.63) is 29.3 Å². The number of hydrogen-bond acceptors (Lipinski definition) is 3. The molecule has 0 saturated heterocycles. The summed E-state index contributed by atoms with van der Waals surface area (Å²) in [6.45, 7) is 11.3. The van der Waals surface area contributed by atoms with Gasteiger partial charge in [0.25, 0.3) is 0 Å². The second-order valence-electron chi connectivity index (χ2n) is 5.55. The van der Waals surface area contributed by atoms with Crippen LogP contribution in [0.4, 0.5) is 5.69 Å². The third-order valence-electron chi connectivity index (χ3n) is 4.19. The van der Waals surface area contributed by atoms with Crippen LogP contribution in [0.1, 0.15) is 31.4 Å². The zero-order valence-corrected chi connectivity index (χ0v) is 13.0. The molecule has 112 valence electrons. The van der Waals surface area contributed by atoms with Crippen molar-refractivity contribution in [2.75, 3.05) is 44.6 Å². The minimum atomic E-state index is 1.09. The molecule has 0 radical (unpaired) electrons. The van der Waals surface area contributed by atoms with E-state index in [4.69, 9.17) is 0 Å². The molecular weight excluding hydrogens is 246 g/mol. The van der Waals surface area contributed by atoms with Crippen LogP contribution in [0.5, 0.6) is 0 Å². The number of nitrogens with zero attached hydrogens (tertiary/aromatic N) is 1. The zero-order valence-electron chi connectivity index (χ0n) is 13.0. The lowest BCUT2D eigenvalue weighted by Gasteiger charge is -2.17. The Labute approximate surface area is 123 Å². The summed E-state index contributed by atoms with van der Waals surface area (Å²) in [6.07, 6.45) is 3.56. The van der Waals surface area contributed by atoms with E-state index in [2.05, 4.69) is 47.6 Å². The van der Waals surface area contributed by atoms with Gasteiger partial charge in [-0.25, -0.2) is 0 Å². The first kappa shape index (κ1) is 15.3. The molecule has 0 fully saturated rings. The molecule has 0 unspecified atom stereocenters. The van der Waals surface area contributed by atoms with Gasteiger partial charge in [-0.3, -0.25) is 0 Å². The molecular formula is C17H29N3. The lowest BCUT2D eigenvalue weighted by atomic mass is 10.1. The van der Waals surface area contributed by atoms with Crippen molar-refractivity contribution in [2.45, 2.75) is 33.1 Å². The van der Waals surface area contributed by atoms with Gasteiger partial charge in [0.15, 0.2) is 0 Å². The van der Waals surface area contributed by atoms with Crippen molar-refractivity contribution in [1.82, 2.24) is 10.2 Å². The first-order chi connectivity index (χ1) is 9.83. The summed E-state index contributed by atoms with van der Waals surface area (Å²) < 4.78 is 0. The molecule has 1 aromatic rings. The summed E-state index contributed by atoms with van der Waals surface area (Å²) in [5, 5.41) is 6.98. The number of nitrogens with one attached hydrogen (secondary N) is 2. The molecule has 2 N–H and O–H groups in total. The van der Waals surface area contributed by atoms with E-state index in [1.165, 1.54) is 49.3 Å². The van der Waals surface area contributed by atoms with Crippen LogP contribution in [0.15, 0.2) is 18.2 Å². The molecule has 2 rings (SSSR count). The molecule has 1 heterocycles. The summed E-state index contributed by atoms with van der Waals surface area (Å²) in [7, 11) is 0. The molecule has 1 aliphatic rings. The Bertz CT molecular complexity index is 399. The maximum absolute atomic E-state index is 3.56. The molecule has 0 atom stereocenters. The normalized spacial score (nSPS) is 13.6. The number of benzene rings is 1. The minimum absolute atomic E-state index is 1.09. The maximum atomic E-state index is 3.56. The van der Waals surface area contributed by atoms with Gasteiger partial charge in [-0.05, 0) is 69.2 Å². The minimum Gasteiger partial charge on any atom is -0.384 e. The topological polar surface area (TPSA) is 27.3 Å². The Morgan fingerprint density at radius 2 is 2.05 bits per heavy atom. The Kier molecular flexibility index (Phi) is 6.34. The van der Waals surface area contributed by atoms with E-state index in [0.29, 0.717) is 0 Å². The number of fused-ring (bicyclic) bond motifs is 1. The van der Waals surface area contributed by atoms with Gasteiger partial charge in [-0.15, -0.1) is 0 Å². The van der Waals surface area contributed by atoms with E-state index in [-0.39, 0.29) is 0 Å². The molecule has 0 amide bonds. The van der Waals surface area contributed by atoms with Crippen LogP contribution >= 0.6 is 0 Å². The predicted octanol–water partition coefficient (Wildman–Crippen LogP) is 2.52. The summed E-state index contributed by atoms with van der Waals surface area (Å²) in [5.41, 5.74) is 4.29. The van der Waals surface area contributed by atoms with E-state index in [1.807, 2.05) is 0 Å². The zero-order chi connectivity index (χ0) is 14.2. The Morgan fingerprint density at radius 3 is 2.85 bits per heavy atom. The van der Waals surface area contributed by atoms with Gasteiger partial charge in [0.05, 0.1) is 0 Å². The highest BCUT2D eigenvalue weighted by Crippen LogP contribution is 2.22. The lowest BCUT2D eigenvalue weighted by molar-refractivity contribution is 0.298. The lowest BCUT2D eigenvalue weighted by Crippen LogP contribution is -2.27. The number of rotatable bonds is 9. The van der Waals surface area contributed by atoms with Crippen LogP contribution < -0.4 is 10.6 Å². The third-order valence-corrected chi connectivity index (χ3v) is 4.19. The second-order valence-corrected chi connectivity index (χ2v) is 5.55. The van der Waals surface area contributed by atoms with Gasteiger partial charge in [-0.1, -0.05) is 26.0 Å². The van der Waals surface area contributed by atoms with Crippen LogP contribution in [-0.4, -0.2) is 44.2 Å². The highest BCUT2D eigenvalue weighted by atomic mass is 15.1. The molecule has 0 aromatic heterocycles. The molecule has 1 aliphatic heterocycles. The average Bonchev–Trinajstić information content (AvgIpc) is 2.94. The van der Waals surface area contributed by atoms with Crippen LogP contribution in [0.2, 0.25) is 0 Å². The van der Waals surface area contributed by atoms with Crippen molar-refractivity contribution in [3.63, 3.8) is 0 Å². The fourth-order valence-corrected chi connectivity index (χ4v) is 2.84. The van der Waals surface area contributed by atoms with Gasteiger partial charge in [-0.2, -0.15) is 0 Å². The summed E-state index contributed by atoms with van der Waals surface area (Å²) in [6, 6.07) is 6.86. The quantitative estimate of drug-likeness (QED) is 0.678.